The van der Waals surface area contributed by atoms with E-state index in [0.29, 0.717) is 36.1 Å². The Labute approximate surface area is 193 Å². The molecule has 0 aromatic carbocycles. The Morgan fingerprint density at radius 3 is 2.62 bits per heavy atom. The lowest BCUT2D eigenvalue weighted by Gasteiger charge is -2.32. The fourth-order valence-electron chi connectivity index (χ4n) is 4.57. The predicted octanol–water partition coefficient (Wildman–Crippen LogP) is 2.49. The van der Waals surface area contributed by atoms with Crippen LogP contribution in [0.1, 0.15) is 29.6 Å². The molecule has 2 unspecified atom stereocenters. The van der Waals surface area contributed by atoms with E-state index >= 15 is 0 Å². The van der Waals surface area contributed by atoms with Crippen molar-refractivity contribution in [3.8, 4) is 5.69 Å². The molecule has 2 saturated carbocycles. The number of hydrogen-bond donors (Lipinski definition) is 5. The van der Waals surface area contributed by atoms with E-state index in [2.05, 4.69) is 31.0 Å². The molecule has 0 bridgehead atoms. The number of nitrogens with zero attached hydrogens (tertiary/aromatic N) is 4. The molecule has 176 valence electrons. The number of nitrogens with two attached hydrogens (primary N) is 1. The van der Waals surface area contributed by atoms with E-state index in [1.807, 2.05) is 0 Å². The summed E-state index contributed by atoms with van der Waals surface area (Å²) in [6.07, 6.45) is 7.83. The first-order valence-electron chi connectivity index (χ1n) is 10.9. The van der Waals surface area contributed by atoms with Crippen LogP contribution in [0.5, 0.6) is 0 Å². The minimum atomic E-state index is -1.12. The predicted molar refractivity (Wildman–Crippen MR) is 121 cm³/mol. The van der Waals surface area contributed by atoms with Gasteiger partial charge < -0.3 is 26.8 Å². The summed E-state index contributed by atoms with van der Waals surface area (Å²) in [6, 6.07) is 3.83. The molecule has 34 heavy (non-hydrogen) atoms. The molecule has 12 heteroatoms. The van der Waals surface area contributed by atoms with Gasteiger partial charge >= 0.3 is 6.09 Å². The number of rotatable bonds is 7. The van der Waals surface area contributed by atoms with Crippen molar-refractivity contribution in [1.29, 1.82) is 0 Å². The molecule has 2 fully saturated rings. The zero-order chi connectivity index (χ0) is 23.8. The third-order valence-corrected chi connectivity index (χ3v) is 6.30. The van der Waals surface area contributed by atoms with E-state index in [9.17, 15) is 19.1 Å². The van der Waals surface area contributed by atoms with Crippen molar-refractivity contribution in [2.45, 2.75) is 31.3 Å². The number of fused-ring (bicyclic) bond motifs is 1. The van der Waals surface area contributed by atoms with Crippen LogP contribution in [-0.2, 0) is 0 Å². The zero-order valence-corrected chi connectivity index (χ0v) is 18.0. The van der Waals surface area contributed by atoms with Gasteiger partial charge in [0.2, 0.25) is 0 Å². The normalized spacial score (nSPS) is 23.0. The maximum absolute atomic E-state index is 14.9. The number of carboxylic acid groups (broad SMARTS) is 1. The molecular weight excluding hydrogens is 443 g/mol. The van der Waals surface area contributed by atoms with Crippen molar-refractivity contribution in [2.24, 2.45) is 17.6 Å². The van der Waals surface area contributed by atoms with Gasteiger partial charge in [0.1, 0.15) is 5.82 Å². The molecule has 11 nitrogen and oxygen atoms in total. The monoisotopic (exact) mass is 466 g/mol. The van der Waals surface area contributed by atoms with E-state index in [-0.39, 0.29) is 29.3 Å². The number of anilines is 3. The Bertz CT molecular complexity index is 1230. The van der Waals surface area contributed by atoms with Gasteiger partial charge in [-0.1, -0.05) is 0 Å². The number of primary amides is 1. The van der Waals surface area contributed by atoms with Gasteiger partial charge in [0.05, 0.1) is 35.4 Å². The zero-order valence-electron chi connectivity index (χ0n) is 18.0. The molecule has 0 spiro atoms. The second-order valence-corrected chi connectivity index (χ2v) is 8.62. The molecule has 3 aromatic heterocycles. The molecule has 0 radical (unpaired) electrons. The number of amides is 2. The number of nitrogens with one attached hydrogen (secondary N) is 3. The van der Waals surface area contributed by atoms with Crippen molar-refractivity contribution in [3.63, 3.8) is 0 Å². The summed E-state index contributed by atoms with van der Waals surface area (Å²) in [6.45, 7) is 0. The summed E-state index contributed by atoms with van der Waals surface area (Å²) in [5.74, 6) is -0.651. The van der Waals surface area contributed by atoms with E-state index < -0.39 is 17.8 Å². The Hall–Kier alpha value is -4.22. The van der Waals surface area contributed by atoms with E-state index in [1.54, 1.807) is 35.4 Å². The summed E-state index contributed by atoms with van der Waals surface area (Å²) < 4.78 is 16.5. The molecule has 4 atom stereocenters. The van der Waals surface area contributed by atoms with Gasteiger partial charge in [-0.2, -0.15) is 5.10 Å². The Balaban J connectivity index is 1.43. The van der Waals surface area contributed by atoms with Gasteiger partial charge in [-0.15, -0.1) is 0 Å². The summed E-state index contributed by atoms with van der Waals surface area (Å²) in [5, 5.41) is 21.9. The molecule has 0 saturated heterocycles. The maximum atomic E-state index is 14.9. The highest BCUT2D eigenvalue weighted by Crippen LogP contribution is 2.50. The number of carbonyl (C=O) groups excluding carboxylic acids is 1. The highest BCUT2D eigenvalue weighted by molar-refractivity contribution is 5.98. The lowest BCUT2D eigenvalue weighted by atomic mass is 9.90. The lowest BCUT2D eigenvalue weighted by molar-refractivity contribution is 0.1000. The van der Waals surface area contributed by atoms with Crippen molar-refractivity contribution in [3.05, 3.63) is 54.4 Å². The summed E-state index contributed by atoms with van der Waals surface area (Å²) in [7, 11) is 0. The Morgan fingerprint density at radius 2 is 1.91 bits per heavy atom. The van der Waals surface area contributed by atoms with Crippen LogP contribution in [0.4, 0.5) is 26.5 Å². The average Bonchev–Trinajstić information content (AvgIpc) is 3.31. The molecule has 3 aromatic rings. The van der Waals surface area contributed by atoms with Crippen molar-refractivity contribution >= 4 is 29.3 Å². The van der Waals surface area contributed by atoms with Crippen LogP contribution < -0.4 is 21.7 Å². The first-order chi connectivity index (χ1) is 16.4. The lowest BCUT2D eigenvalue weighted by Crippen LogP contribution is -2.49. The van der Waals surface area contributed by atoms with Crippen molar-refractivity contribution < 1.29 is 19.1 Å². The van der Waals surface area contributed by atoms with Crippen LogP contribution in [0.25, 0.3) is 5.69 Å². The second-order valence-electron chi connectivity index (χ2n) is 8.62. The van der Waals surface area contributed by atoms with E-state index in [1.165, 1.54) is 6.20 Å². The molecule has 2 aliphatic carbocycles. The van der Waals surface area contributed by atoms with E-state index in [4.69, 9.17) is 5.73 Å². The number of hydrogen-bond acceptors (Lipinski definition) is 7. The van der Waals surface area contributed by atoms with Crippen LogP contribution in [-0.4, -0.2) is 48.9 Å². The van der Waals surface area contributed by atoms with Gasteiger partial charge in [0.25, 0.3) is 5.91 Å². The molecule has 6 N–H and O–H groups in total. The third-order valence-electron chi connectivity index (χ3n) is 6.30. The quantitative estimate of drug-likeness (QED) is 0.355. The number of aromatic nitrogens is 4. The third kappa shape index (κ3) is 4.47. The van der Waals surface area contributed by atoms with Gasteiger partial charge in [-0.05, 0) is 49.3 Å². The molecule has 2 aliphatic rings. The summed E-state index contributed by atoms with van der Waals surface area (Å²) in [4.78, 5) is 31.7. The maximum Gasteiger partial charge on any atom is 0.404 e. The van der Waals surface area contributed by atoms with Crippen LogP contribution in [0.3, 0.4) is 0 Å². The highest BCUT2D eigenvalue weighted by Gasteiger charge is 2.47. The van der Waals surface area contributed by atoms with Gasteiger partial charge in [0.15, 0.2) is 11.6 Å². The summed E-state index contributed by atoms with van der Waals surface area (Å²) >= 11 is 0. The Kier molecular flexibility index (Phi) is 5.48. The van der Waals surface area contributed by atoms with Crippen molar-refractivity contribution in [2.75, 3.05) is 10.6 Å². The average molecular weight is 466 g/mol. The first kappa shape index (κ1) is 21.6. The molecule has 3 heterocycles. The van der Waals surface area contributed by atoms with E-state index in [0.717, 1.165) is 12.5 Å². The number of halogens is 1. The first-order valence-corrected chi connectivity index (χ1v) is 10.9. The largest absolute Gasteiger partial charge is 0.465 e. The minimum Gasteiger partial charge on any atom is -0.465 e. The summed E-state index contributed by atoms with van der Waals surface area (Å²) in [5.41, 5.74) is 6.50. The van der Waals surface area contributed by atoms with Crippen molar-refractivity contribution in [1.82, 2.24) is 25.1 Å². The second kappa shape index (κ2) is 8.61. The number of pyridine rings is 2. The van der Waals surface area contributed by atoms with Gasteiger partial charge in [-0.25, -0.2) is 18.9 Å². The molecule has 0 aliphatic heterocycles. The van der Waals surface area contributed by atoms with Crippen LogP contribution in [0, 0.1) is 17.7 Å². The molecular formula is C22H23FN8O3. The number of carbonyl (C=O) groups is 2. The standard InChI is InChI=1S/C22H23FN8O3/c23-16-8-15(19(24)32)20(27-13-7-14(10-25-9-13)31-3-1-2-26-31)30-21(16)28-17-5-11-4-12(11)6-18(17)29-22(33)34/h1-3,7-12,17-18,29H,4-6H2,(H2,24,32)(H,33,34)(H2,27,28,30)/t11?,12?,17-,18-/m1/s1. The van der Waals surface area contributed by atoms with Gasteiger partial charge in [0, 0.05) is 18.4 Å². The smallest absolute Gasteiger partial charge is 0.404 e. The van der Waals surface area contributed by atoms with Crippen LogP contribution in [0.2, 0.25) is 0 Å². The Morgan fingerprint density at radius 1 is 1.12 bits per heavy atom. The topological polar surface area (TPSA) is 160 Å². The molecule has 5 rings (SSSR count). The highest BCUT2D eigenvalue weighted by atomic mass is 19.1. The molecule has 2 amide bonds. The van der Waals surface area contributed by atoms with Gasteiger partial charge in [-0.3, -0.25) is 9.78 Å². The fourth-order valence-corrected chi connectivity index (χ4v) is 4.57. The van der Waals surface area contributed by atoms with Crippen LogP contribution >= 0.6 is 0 Å². The van der Waals surface area contributed by atoms with Crippen LogP contribution in [0.15, 0.2) is 43.0 Å². The SMILES string of the molecule is NC(=O)c1cc(F)c(N[C@@H]2CC3CC3C[C@H]2NC(=O)O)nc1Nc1cncc(-n2cccn2)c1. The minimum absolute atomic E-state index is 0.0543. The fraction of sp³-hybridized carbons (Fsp3) is 0.318.